The Morgan fingerprint density at radius 2 is 2.28 bits per heavy atom. The number of nitrogens with one attached hydrogen (secondary N) is 1. The molecule has 2 aromatic heterocycles. The van der Waals surface area contributed by atoms with Crippen molar-refractivity contribution in [3.8, 4) is 0 Å². The van der Waals surface area contributed by atoms with E-state index in [-0.39, 0.29) is 12.1 Å². The number of rotatable bonds is 7. The molecular weight excluding hydrogens is 316 g/mol. The molecule has 2 saturated carbocycles. The summed E-state index contributed by atoms with van der Waals surface area (Å²) < 4.78 is 7.97. The summed E-state index contributed by atoms with van der Waals surface area (Å²) in [5.74, 6) is 3.27. The lowest BCUT2D eigenvalue weighted by Crippen LogP contribution is -2.45. The summed E-state index contributed by atoms with van der Waals surface area (Å²) in [4.78, 5) is 18.7. The molecule has 0 radical (unpaired) electrons. The van der Waals surface area contributed by atoms with Crippen LogP contribution in [0.3, 0.4) is 0 Å². The normalized spacial score (nSPS) is 23.3. The molecule has 0 spiro atoms. The molecule has 0 unspecified atom stereocenters. The van der Waals surface area contributed by atoms with Crippen molar-refractivity contribution < 1.29 is 9.21 Å². The second-order valence-corrected chi connectivity index (χ2v) is 7.59. The molecule has 1 N–H and O–H groups in total. The zero-order chi connectivity index (χ0) is 17.4. The predicted molar refractivity (Wildman–Crippen MR) is 94.0 cm³/mol. The predicted octanol–water partition coefficient (Wildman–Crippen LogP) is 3.36. The number of amides is 2. The molecule has 4 rings (SSSR count). The van der Waals surface area contributed by atoms with E-state index in [1.807, 2.05) is 28.7 Å². The van der Waals surface area contributed by atoms with Gasteiger partial charge in [-0.2, -0.15) is 0 Å². The minimum atomic E-state index is -0.00662. The zero-order valence-corrected chi connectivity index (χ0v) is 14.9. The number of furan rings is 1. The number of carbonyl (C=O) groups is 1. The first-order valence-electron chi connectivity index (χ1n) is 9.21. The summed E-state index contributed by atoms with van der Waals surface area (Å²) in [6.07, 6.45) is 8.80. The van der Waals surface area contributed by atoms with Gasteiger partial charge in [0.1, 0.15) is 11.5 Å². The van der Waals surface area contributed by atoms with Gasteiger partial charge in [-0.15, -0.1) is 0 Å². The van der Waals surface area contributed by atoms with E-state index in [1.54, 1.807) is 12.5 Å². The van der Waals surface area contributed by atoms with Crippen molar-refractivity contribution in [1.82, 2.24) is 19.8 Å². The van der Waals surface area contributed by atoms with Crippen LogP contribution in [0.4, 0.5) is 4.79 Å². The Hall–Kier alpha value is -2.24. The van der Waals surface area contributed by atoms with E-state index >= 15 is 0 Å². The lowest BCUT2D eigenvalue weighted by atomic mass is 10.3. The summed E-state index contributed by atoms with van der Waals surface area (Å²) >= 11 is 0. The van der Waals surface area contributed by atoms with Crippen LogP contribution >= 0.6 is 0 Å². The number of imidazole rings is 1. The fourth-order valence-electron chi connectivity index (χ4n) is 3.37. The maximum absolute atomic E-state index is 12.7. The molecule has 134 valence electrons. The van der Waals surface area contributed by atoms with Crippen LogP contribution in [0.25, 0.3) is 0 Å². The van der Waals surface area contributed by atoms with Crippen molar-refractivity contribution in [2.75, 3.05) is 0 Å². The van der Waals surface area contributed by atoms with Gasteiger partial charge >= 0.3 is 6.03 Å². The highest BCUT2D eigenvalue weighted by molar-refractivity contribution is 5.75. The summed E-state index contributed by atoms with van der Waals surface area (Å²) in [6, 6.07) is 4.48. The molecule has 2 fully saturated rings. The highest BCUT2D eigenvalue weighted by atomic mass is 16.3. The van der Waals surface area contributed by atoms with Gasteiger partial charge in [0.05, 0.1) is 12.9 Å². The van der Waals surface area contributed by atoms with E-state index in [2.05, 4.69) is 23.3 Å². The van der Waals surface area contributed by atoms with Crippen LogP contribution in [0.1, 0.15) is 50.5 Å². The summed E-state index contributed by atoms with van der Waals surface area (Å²) in [5, 5.41) is 3.11. The van der Waals surface area contributed by atoms with Crippen molar-refractivity contribution in [1.29, 1.82) is 0 Å². The minimum Gasteiger partial charge on any atom is -0.464 e. The van der Waals surface area contributed by atoms with E-state index in [1.165, 1.54) is 6.42 Å². The molecule has 0 bridgehead atoms. The van der Waals surface area contributed by atoms with Gasteiger partial charge in [-0.25, -0.2) is 9.78 Å². The van der Waals surface area contributed by atoms with Gasteiger partial charge in [-0.05, 0) is 44.2 Å². The SMILES string of the molecule is C[C@H](Cn1ccnc1)NC(=O)N(Cc1ccc([C@H]2C[C@@H]2C)o1)C1CC1. The third kappa shape index (κ3) is 3.89. The average molecular weight is 342 g/mol. The number of hydrogen-bond donors (Lipinski definition) is 1. The van der Waals surface area contributed by atoms with E-state index in [9.17, 15) is 4.79 Å². The number of carbonyl (C=O) groups excluding carboxylic acids is 1. The van der Waals surface area contributed by atoms with Crippen LogP contribution in [0, 0.1) is 5.92 Å². The molecule has 2 heterocycles. The van der Waals surface area contributed by atoms with Crippen molar-refractivity contribution in [2.45, 2.75) is 64.2 Å². The number of urea groups is 1. The van der Waals surface area contributed by atoms with Crippen LogP contribution in [0.15, 0.2) is 35.3 Å². The monoisotopic (exact) mass is 342 g/mol. The molecule has 3 atom stereocenters. The molecule has 2 aliphatic carbocycles. The quantitative estimate of drug-likeness (QED) is 0.839. The maximum Gasteiger partial charge on any atom is 0.318 e. The first kappa shape index (κ1) is 16.2. The third-order valence-corrected chi connectivity index (χ3v) is 5.15. The van der Waals surface area contributed by atoms with Crippen LogP contribution in [-0.4, -0.2) is 32.6 Å². The van der Waals surface area contributed by atoms with Gasteiger partial charge in [-0.3, -0.25) is 0 Å². The van der Waals surface area contributed by atoms with E-state index in [4.69, 9.17) is 4.42 Å². The van der Waals surface area contributed by atoms with E-state index in [0.29, 0.717) is 25.0 Å². The fraction of sp³-hybridized carbons (Fsp3) is 0.579. The third-order valence-electron chi connectivity index (χ3n) is 5.15. The Kier molecular flexibility index (Phi) is 4.27. The highest BCUT2D eigenvalue weighted by Gasteiger charge is 2.37. The lowest BCUT2D eigenvalue weighted by Gasteiger charge is -2.24. The molecule has 0 aliphatic heterocycles. The second kappa shape index (κ2) is 6.58. The lowest BCUT2D eigenvalue weighted by molar-refractivity contribution is 0.182. The summed E-state index contributed by atoms with van der Waals surface area (Å²) in [6.45, 7) is 5.53. The van der Waals surface area contributed by atoms with Crippen LogP contribution in [0.5, 0.6) is 0 Å². The van der Waals surface area contributed by atoms with Crippen molar-refractivity contribution in [3.05, 3.63) is 42.4 Å². The molecule has 2 aromatic rings. The first-order valence-corrected chi connectivity index (χ1v) is 9.21. The standard InChI is InChI=1S/C19H26N4O2/c1-13-9-17(13)18-6-5-16(25-18)11-23(15-3-4-15)19(24)21-14(2)10-22-8-7-20-12-22/h5-8,12-15,17H,3-4,9-11H2,1-2H3,(H,21,24)/t13-,14+,17-/m0/s1. The number of hydrogen-bond acceptors (Lipinski definition) is 3. The molecule has 0 saturated heterocycles. The summed E-state index contributed by atoms with van der Waals surface area (Å²) in [7, 11) is 0. The zero-order valence-electron chi connectivity index (χ0n) is 14.9. The largest absolute Gasteiger partial charge is 0.464 e. The molecule has 0 aromatic carbocycles. The molecule has 6 nitrogen and oxygen atoms in total. The molecular formula is C19H26N4O2. The number of aromatic nitrogens is 2. The Bertz CT molecular complexity index is 720. The summed E-state index contributed by atoms with van der Waals surface area (Å²) in [5.41, 5.74) is 0. The topological polar surface area (TPSA) is 63.3 Å². The van der Waals surface area contributed by atoms with Gasteiger partial charge in [-0.1, -0.05) is 6.92 Å². The highest BCUT2D eigenvalue weighted by Crippen LogP contribution is 2.47. The van der Waals surface area contributed by atoms with Crippen LogP contribution < -0.4 is 5.32 Å². The van der Waals surface area contributed by atoms with Crippen molar-refractivity contribution >= 4 is 6.03 Å². The molecule has 6 heteroatoms. The van der Waals surface area contributed by atoms with E-state index in [0.717, 1.165) is 30.3 Å². The van der Waals surface area contributed by atoms with Gasteiger partial charge in [0.25, 0.3) is 0 Å². The van der Waals surface area contributed by atoms with E-state index < -0.39 is 0 Å². The molecule has 2 amide bonds. The smallest absolute Gasteiger partial charge is 0.318 e. The Balaban J connectivity index is 1.35. The van der Waals surface area contributed by atoms with Crippen molar-refractivity contribution in [3.63, 3.8) is 0 Å². The molecule has 25 heavy (non-hydrogen) atoms. The molecule has 2 aliphatic rings. The fourth-order valence-corrected chi connectivity index (χ4v) is 3.37. The van der Waals surface area contributed by atoms with Gasteiger partial charge in [0.15, 0.2) is 0 Å². The van der Waals surface area contributed by atoms with Crippen molar-refractivity contribution in [2.24, 2.45) is 5.92 Å². The number of nitrogens with zero attached hydrogens (tertiary/aromatic N) is 3. The van der Waals surface area contributed by atoms with Crippen LogP contribution in [0.2, 0.25) is 0 Å². The maximum atomic E-state index is 12.7. The van der Waals surface area contributed by atoms with Gasteiger partial charge < -0.3 is 19.2 Å². The first-order chi connectivity index (χ1) is 12.1. The Labute approximate surface area is 148 Å². The Morgan fingerprint density at radius 1 is 1.48 bits per heavy atom. The average Bonchev–Trinajstić information content (AvgIpc) is 3.43. The van der Waals surface area contributed by atoms with Gasteiger partial charge in [0, 0.05) is 36.9 Å². The minimum absolute atomic E-state index is 0.00662. The second-order valence-electron chi connectivity index (χ2n) is 7.59. The van der Waals surface area contributed by atoms with Gasteiger partial charge in [0.2, 0.25) is 0 Å². The Morgan fingerprint density at radius 3 is 2.92 bits per heavy atom. The van der Waals surface area contributed by atoms with Crippen LogP contribution in [-0.2, 0) is 13.1 Å².